The van der Waals surface area contributed by atoms with Gasteiger partial charge in [-0.1, -0.05) is 12.1 Å². The first-order valence-corrected chi connectivity index (χ1v) is 5.05. The predicted molar refractivity (Wildman–Crippen MR) is 56.0 cm³/mol. The van der Waals surface area contributed by atoms with Gasteiger partial charge >= 0.3 is 0 Å². The van der Waals surface area contributed by atoms with E-state index in [2.05, 4.69) is 0 Å². The van der Waals surface area contributed by atoms with Crippen molar-refractivity contribution in [3.63, 3.8) is 0 Å². The van der Waals surface area contributed by atoms with Crippen molar-refractivity contribution in [2.45, 2.75) is 25.6 Å². The summed E-state index contributed by atoms with van der Waals surface area (Å²) in [6.45, 7) is 2.36. The third-order valence-electron chi connectivity index (χ3n) is 2.28. The van der Waals surface area contributed by atoms with Crippen LogP contribution in [0, 0.1) is 17.1 Å². The molecule has 0 spiro atoms. The first kappa shape index (κ1) is 12.6. The molecule has 86 valence electrons. The van der Waals surface area contributed by atoms with Crippen LogP contribution in [0.1, 0.15) is 18.9 Å². The van der Waals surface area contributed by atoms with Crippen LogP contribution in [-0.2, 0) is 4.74 Å². The largest absolute Gasteiger partial charge is 0.375 e. The molecular formula is C12H13F2NO. The van der Waals surface area contributed by atoms with Gasteiger partial charge in [-0.2, -0.15) is 5.26 Å². The molecule has 2 rings (SSSR count). The first-order chi connectivity index (χ1) is 7.65. The highest BCUT2D eigenvalue weighted by Gasteiger charge is 2.22. The molecule has 0 amide bonds. The maximum atomic E-state index is 12.4. The van der Waals surface area contributed by atoms with E-state index in [-0.39, 0.29) is 11.7 Å². The van der Waals surface area contributed by atoms with Crippen LogP contribution >= 0.6 is 0 Å². The Balaban J connectivity index is 0.000000165. The van der Waals surface area contributed by atoms with E-state index in [0.717, 1.165) is 0 Å². The Bertz CT molecular complexity index is 368. The van der Waals surface area contributed by atoms with Crippen LogP contribution in [0.5, 0.6) is 0 Å². The molecule has 1 aliphatic rings. The number of hydrogen-bond donors (Lipinski definition) is 0. The van der Waals surface area contributed by atoms with Crippen LogP contribution in [0.15, 0.2) is 24.3 Å². The Morgan fingerprint density at radius 2 is 2.12 bits per heavy atom. The lowest BCUT2D eigenvalue weighted by molar-refractivity contribution is 0.0926. The van der Waals surface area contributed by atoms with Crippen molar-refractivity contribution in [2.24, 2.45) is 0 Å². The fraction of sp³-hybridized carbons (Fsp3) is 0.417. The van der Waals surface area contributed by atoms with Crippen LogP contribution < -0.4 is 0 Å². The van der Waals surface area contributed by atoms with Gasteiger partial charge in [0.25, 0.3) is 0 Å². The summed E-state index contributed by atoms with van der Waals surface area (Å²) in [6, 6.07) is 7.60. The minimum absolute atomic E-state index is 0.0949. The van der Waals surface area contributed by atoms with Crippen LogP contribution in [0.3, 0.4) is 0 Å². The summed E-state index contributed by atoms with van der Waals surface area (Å²) >= 11 is 0. The predicted octanol–water partition coefficient (Wildman–Crippen LogP) is 2.83. The van der Waals surface area contributed by atoms with Gasteiger partial charge in [-0.15, -0.1) is 0 Å². The van der Waals surface area contributed by atoms with Gasteiger partial charge in [0.2, 0.25) is 0 Å². The van der Waals surface area contributed by atoms with E-state index >= 15 is 0 Å². The zero-order valence-corrected chi connectivity index (χ0v) is 8.99. The van der Waals surface area contributed by atoms with Crippen molar-refractivity contribution in [1.82, 2.24) is 0 Å². The molecule has 16 heavy (non-hydrogen) atoms. The Hall–Kier alpha value is -1.47. The van der Waals surface area contributed by atoms with Crippen LogP contribution in [0.25, 0.3) is 0 Å². The van der Waals surface area contributed by atoms with Gasteiger partial charge in [-0.05, 0) is 19.1 Å². The number of alkyl halides is 1. The van der Waals surface area contributed by atoms with Gasteiger partial charge in [-0.3, -0.25) is 0 Å². The molecular weight excluding hydrogens is 212 g/mol. The molecule has 4 heteroatoms. The van der Waals surface area contributed by atoms with E-state index in [9.17, 15) is 8.78 Å². The minimum atomic E-state index is -0.708. The van der Waals surface area contributed by atoms with Crippen molar-refractivity contribution in [2.75, 3.05) is 6.61 Å². The van der Waals surface area contributed by atoms with Crippen LogP contribution in [-0.4, -0.2) is 18.9 Å². The monoisotopic (exact) mass is 225 g/mol. The second-order valence-electron chi connectivity index (χ2n) is 3.47. The van der Waals surface area contributed by atoms with Gasteiger partial charge in [0.1, 0.15) is 18.1 Å². The third kappa shape index (κ3) is 3.59. The van der Waals surface area contributed by atoms with E-state index in [1.807, 2.05) is 0 Å². The highest BCUT2D eigenvalue weighted by Crippen LogP contribution is 2.15. The molecule has 1 aromatic carbocycles. The van der Waals surface area contributed by atoms with E-state index in [4.69, 9.17) is 10.00 Å². The number of nitriles is 1. The summed E-state index contributed by atoms with van der Waals surface area (Å²) in [5.41, 5.74) is 0.0949. The Morgan fingerprint density at radius 1 is 1.44 bits per heavy atom. The molecule has 0 bridgehead atoms. The van der Waals surface area contributed by atoms with Crippen LogP contribution in [0.4, 0.5) is 8.78 Å². The molecule has 0 aromatic heterocycles. The number of halogens is 2. The summed E-state index contributed by atoms with van der Waals surface area (Å²) in [7, 11) is 0. The Labute approximate surface area is 93.5 Å². The molecule has 1 heterocycles. The number of rotatable bonds is 0. The highest BCUT2D eigenvalue weighted by atomic mass is 19.1. The van der Waals surface area contributed by atoms with Gasteiger partial charge in [-0.25, -0.2) is 8.78 Å². The molecule has 0 radical (unpaired) electrons. The molecule has 0 aliphatic carbocycles. The fourth-order valence-electron chi connectivity index (χ4n) is 1.26. The van der Waals surface area contributed by atoms with Crippen LogP contribution in [0.2, 0.25) is 0 Å². The van der Waals surface area contributed by atoms with Gasteiger partial charge in [0.15, 0.2) is 0 Å². The average molecular weight is 225 g/mol. The SMILES string of the molecule is CC1OCCC1F.N#Cc1ccccc1F. The number of nitrogens with zero attached hydrogens (tertiary/aromatic N) is 1. The number of hydrogen-bond acceptors (Lipinski definition) is 2. The topological polar surface area (TPSA) is 33.0 Å². The summed E-state index contributed by atoms with van der Waals surface area (Å²) in [4.78, 5) is 0. The molecule has 0 saturated carbocycles. The summed E-state index contributed by atoms with van der Waals surface area (Å²) in [6.07, 6.45) is -0.277. The minimum Gasteiger partial charge on any atom is -0.375 e. The van der Waals surface area contributed by atoms with Gasteiger partial charge < -0.3 is 4.74 Å². The van der Waals surface area contributed by atoms with E-state index in [1.54, 1.807) is 25.1 Å². The van der Waals surface area contributed by atoms with Crippen molar-refractivity contribution in [3.05, 3.63) is 35.6 Å². The lowest BCUT2D eigenvalue weighted by Crippen LogP contribution is -2.10. The summed E-state index contributed by atoms with van der Waals surface area (Å²) in [5.74, 6) is -0.458. The maximum absolute atomic E-state index is 12.4. The molecule has 1 aliphatic heterocycles. The third-order valence-corrected chi connectivity index (χ3v) is 2.28. The molecule has 1 fully saturated rings. The van der Waals surface area contributed by atoms with Gasteiger partial charge in [0, 0.05) is 13.0 Å². The molecule has 0 N–H and O–H groups in total. The standard InChI is InChI=1S/C7H4FN.C5H9FO/c8-7-4-2-1-3-6(7)5-9;1-4-5(6)2-3-7-4/h1-4H;4-5H,2-3H2,1H3. The molecule has 2 unspecified atom stereocenters. The Morgan fingerprint density at radius 3 is 2.44 bits per heavy atom. The summed E-state index contributed by atoms with van der Waals surface area (Å²) in [5, 5.41) is 8.23. The van der Waals surface area contributed by atoms with E-state index in [0.29, 0.717) is 13.0 Å². The lowest BCUT2D eigenvalue weighted by atomic mass is 10.2. The molecule has 2 atom stereocenters. The zero-order valence-electron chi connectivity index (χ0n) is 8.99. The summed E-state index contributed by atoms with van der Waals surface area (Å²) < 4.78 is 29.4. The van der Waals surface area contributed by atoms with E-state index in [1.165, 1.54) is 12.1 Å². The number of benzene rings is 1. The van der Waals surface area contributed by atoms with Crippen molar-refractivity contribution in [3.8, 4) is 6.07 Å². The quantitative estimate of drug-likeness (QED) is 0.680. The van der Waals surface area contributed by atoms with Crippen molar-refractivity contribution >= 4 is 0 Å². The van der Waals surface area contributed by atoms with Crippen molar-refractivity contribution in [1.29, 1.82) is 5.26 Å². The van der Waals surface area contributed by atoms with Gasteiger partial charge in [0.05, 0.1) is 11.7 Å². The molecule has 1 saturated heterocycles. The normalized spacial score (nSPS) is 23.1. The second kappa shape index (κ2) is 6.19. The number of ether oxygens (including phenoxy) is 1. The smallest absolute Gasteiger partial charge is 0.140 e. The lowest BCUT2D eigenvalue weighted by Gasteiger charge is -2.00. The second-order valence-corrected chi connectivity index (χ2v) is 3.47. The Kier molecular flexibility index (Phi) is 4.87. The molecule has 2 nitrogen and oxygen atoms in total. The first-order valence-electron chi connectivity index (χ1n) is 5.05. The fourth-order valence-corrected chi connectivity index (χ4v) is 1.26. The highest BCUT2D eigenvalue weighted by molar-refractivity contribution is 5.29. The molecule has 1 aromatic rings. The van der Waals surface area contributed by atoms with E-state index < -0.39 is 12.0 Å². The zero-order chi connectivity index (χ0) is 12.0. The van der Waals surface area contributed by atoms with Crippen molar-refractivity contribution < 1.29 is 13.5 Å². The average Bonchev–Trinajstić information content (AvgIpc) is 2.65. The maximum Gasteiger partial charge on any atom is 0.140 e.